The molecule has 1 aromatic heterocycles. The van der Waals surface area contributed by atoms with Crippen LogP contribution < -0.4 is 25.4 Å². The van der Waals surface area contributed by atoms with Gasteiger partial charge in [-0.3, -0.25) is 4.79 Å². The van der Waals surface area contributed by atoms with Crippen LogP contribution in [0.3, 0.4) is 0 Å². The van der Waals surface area contributed by atoms with E-state index in [1.807, 2.05) is 30.3 Å². The van der Waals surface area contributed by atoms with Crippen LogP contribution in [0, 0.1) is 0 Å². The second kappa shape index (κ2) is 12.6. The van der Waals surface area contributed by atoms with Crippen LogP contribution in [0.2, 0.25) is 0 Å². The Bertz CT molecular complexity index is 1230. The number of carbonyl (C=O) groups is 2. The molecule has 1 heterocycles. The zero-order chi connectivity index (χ0) is 26.8. The molecule has 0 atom stereocenters. The maximum Gasteiger partial charge on any atom is 0.408 e. The SMILES string of the molecule is COc1ccc(CCNc2nccc(-c3cccc(NC(=O)CNC(=O)OC(C)(C)C)c3)n2)cc1OC. The van der Waals surface area contributed by atoms with Gasteiger partial charge in [-0.05, 0) is 63.1 Å². The van der Waals surface area contributed by atoms with Crippen molar-refractivity contribution in [2.24, 2.45) is 0 Å². The maximum absolute atomic E-state index is 12.3. The van der Waals surface area contributed by atoms with Crippen LogP contribution in [0.4, 0.5) is 16.4 Å². The normalized spacial score (nSPS) is 10.8. The summed E-state index contributed by atoms with van der Waals surface area (Å²) in [5, 5.41) is 8.45. The number of amides is 2. The average Bonchev–Trinajstić information content (AvgIpc) is 2.87. The predicted octanol–water partition coefficient (Wildman–Crippen LogP) is 4.28. The van der Waals surface area contributed by atoms with E-state index >= 15 is 0 Å². The monoisotopic (exact) mass is 507 g/mol. The van der Waals surface area contributed by atoms with Crippen LogP contribution in [0.5, 0.6) is 11.5 Å². The summed E-state index contributed by atoms with van der Waals surface area (Å²) >= 11 is 0. The first-order chi connectivity index (χ1) is 17.7. The van der Waals surface area contributed by atoms with E-state index in [1.54, 1.807) is 59.4 Å². The van der Waals surface area contributed by atoms with E-state index in [-0.39, 0.29) is 12.5 Å². The number of nitrogens with one attached hydrogen (secondary N) is 3. The molecule has 0 bridgehead atoms. The molecule has 0 aliphatic heterocycles. The van der Waals surface area contributed by atoms with Gasteiger partial charge in [-0.1, -0.05) is 18.2 Å². The Morgan fingerprint density at radius 3 is 2.49 bits per heavy atom. The van der Waals surface area contributed by atoms with Crippen molar-refractivity contribution < 1.29 is 23.8 Å². The molecule has 0 aliphatic rings. The number of ether oxygens (including phenoxy) is 3. The van der Waals surface area contributed by atoms with E-state index < -0.39 is 11.7 Å². The first-order valence-electron chi connectivity index (χ1n) is 11.8. The summed E-state index contributed by atoms with van der Waals surface area (Å²) in [6, 6.07) is 14.9. The van der Waals surface area contributed by atoms with Crippen molar-refractivity contribution in [3.05, 3.63) is 60.3 Å². The standard InChI is InChI=1S/C27H33N5O5/c1-27(2,3)37-26(34)30-17-24(33)31-20-8-6-7-19(16-20)21-12-14-29-25(32-21)28-13-11-18-9-10-22(35-4)23(15-18)36-5/h6-10,12,14-16H,11,13,17H2,1-5H3,(H,30,34)(H,31,33)(H,28,29,32). The maximum atomic E-state index is 12.3. The highest BCUT2D eigenvalue weighted by atomic mass is 16.6. The number of anilines is 2. The molecule has 0 fully saturated rings. The molecule has 2 aromatic carbocycles. The molecule has 196 valence electrons. The van der Waals surface area contributed by atoms with Gasteiger partial charge >= 0.3 is 6.09 Å². The van der Waals surface area contributed by atoms with E-state index in [4.69, 9.17) is 14.2 Å². The van der Waals surface area contributed by atoms with Crippen LogP contribution in [-0.4, -0.2) is 54.9 Å². The fraction of sp³-hybridized carbons (Fsp3) is 0.333. The van der Waals surface area contributed by atoms with Gasteiger partial charge in [0.2, 0.25) is 11.9 Å². The Balaban J connectivity index is 1.57. The number of alkyl carbamates (subject to hydrolysis) is 1. The van der Waals surface area contributed by atoms with Crippen molar-refractivity contribution in [1.82, 2.24) is 15.3 Å². The second-order valence-electron chi connectivity index (χ2n) is 9.12. The summed E-state index contributed by atoms with van der Waals surface area (Å²) in [5.41, 5.74) is 2.54. The number of rotatable bonds is 10. The van der Waals surface area contributed by atoms with Crippen LogP contribution in [0.25, 0.3) is 11.3 Å². The van der Waals surface area contributed by atoms with Crippen LogP contribution in [0.1, 0.15) is 26.3 Å². The molecule has 0 saturated carbocycles. The van der Waals surface area contributed by atoms with Gasteiger partial charge in [-0.15, -0.1) is 0 Å². The second-order valence-corrected chi connectivity index (χ2v) is 9.12. The molecule has 10 nitrogen and oxygen atoms in total. The van der Waals surface area contributed by atoms with Gasteiger partial charge in [-0.25, -0.2) is 14.8 Å². The number of methoxy groups -OCH3 is 2. The molecule has 3 N–H and O–H groups in total. The highest BCUT2D eigenvalue weighted by molar-refractivity contribution is 5.94. The molecule has 0 spiro atoms. The lowest BCUT2D eigenvalue weighted by atomic mass is 10.1. The third-order valence-corrected chi connectivity index (χ3v) is 5.03. The van der Waals surface area contributed by atoms with Gasteiger partial charge in [-0.2, -0.15) is 0 Å². The highest BCUT2D eigenvalue weighted by Crippen LogP contribution is 2.27. The van der Waals surface area contributed by atoms with Gasteiger partial charge in [0.05, 0.1) is 19.9 Å². The van der Waals surface area contributed by atoms with Gasteiger partial charge in [0.25, 0.3) is 0 Å². The van der Waals surface area contributed by atoms with Crippen LogP contribution in [0.15, 0.2) is 54.7 Å². The molecule has 0 aliphatic carbocycles. The van der Waals surface area contributed by atoms with Gasteiger partial charge < -0.3 is 30.2 Å². The number of nitrogens with zero attached hydrogens (tertiary/aromatic N) is 2. The number of carbonyl (C=O) groups excluding carboxylic acids is 2. The minimum Gasteiger partial charge on any atom is -0.493 e. The smallest absolute Gasteiger partial charge is 0.408 e. The summed E-state index contributed by atoms with van der Waals surface area (Å²) in [6.45, 7) is 5.68. The number of hydrogen-bond acceptors (Lipinski definition) is 8. The summed E-state index contributed by atoms with van der Waals surface area (Å²) < 4.78 is 15.8. The van der Waals surface area contributed by atoms with Gasteiger partial charge in [0.15, 0.2) is 11.5 Å². The molecular weight excluding hydrogens is 474 g/mol. The van der Waals surface area contributed by atoms with E-state index in [1.165, 1.54) is 0 Å². The van der Waals surface area contributed by atoms with Crippen molar-refractivity contribution in [3.63, 3.8) is 0 Å². The zero-order valence-electron chi connectivity index (χ0n) is 21.8. The third-order valence-electron chi connectivity index (χ3n) is 5.03. The molecule has 37 heavy (non-hydrogen) atoms. The minimum absolute atomic E-state index is 0.208. The topological polar surface area (TPSA) is 124 Å². The van der Waals surface area contributed by atoms with E-state index in [2.05, 4.69) is 25.9 Å². The Morgan fingerprint density at radius 1 is 0.973 bits per heavy atom. The lowest BCUT2D eigenvalue weighted by molar-refractivity contribution is -0.115. The largest absolute Gasteiger partial charge is 0.493 e. The Hall–Kier alpha value is -4.34. The third kappa shape index (κ3) is 8.68. The van der Waals surface area contributed by atoms with Crippen molar-refractivity contribution in [2.45, 2.75) is 32.8 Å². The Labute approximate surface area is 216 Å². The van der Waals surface area contributed by atoms with Crippen LogP contribution in [-0.2, 0) is 16.0 Å². The van der Waals surface area contributed by atoms with Crippen LogP contribution >= 0.6 is 0 Å². The molecule has 10 heteroatoms. The fourth-order valence-corrected chi connectivity index (χ4v) is 3.39. The summed E-state index contributed by atoms with van der Waals surface area (Å²) in [7, 11) is 3.22. The quantitative estimate of drug-likeness (QED) is 0.372. The molecule has 0 radical (unpaired) electrons. The molecule has 3 rings (SSSR count). The fourth-order valence-electron chi connectivity index (χ4n) is 3.39. The number of aromatic nitrogens is 2. The molecule has 0 saturated heterocycles. The molecular formula is C27H33N5O5. The number of hydrogen-bond donors (Lipinski definition) is 3. The van der Waals surface area contributed by atoms with E-state index in [9.17, 15) is 9.59 Å². The molecule has 0 unspecified atom stereocenters. The van der Waals surface area contributed by atoms with E-state index in [0.717, 1.165) is 17.5 Å². The predicted molar refractivity (Wildman–Crippen MR) is 142 cm³/mol. The lowest BCUT2D eigenvalue weighted by Crippen LogP contribution is -2.37. The molecule has 3 aromatic rings. The van der Waals surface area contributed by atoms with Crippen molar-refractivity contribution in [1.29, 1.82) is 0 Å². The average molecular weight is 508 g/mol. The highest BCUT2D eigenvalue weighted by Gasteiger charge is 2.16. The van der Waals surface area contributed by atoms with Gasteiger partial charge in [0.1, 0.15) is 12.1 Å². The number of benzene rings is 2. The summed E-state index contributed by atoms with van der Waals surface area (Å²) in [4.78, 5) is 32.9. The van der Waals surface area contributed by atoms with Crippen molar-refractivity contribution in [3.8, 4) is 22.8 Å². The zero-order valence-corrected chi connectivity index (χ0v) is 21.8. The Kier molecular flexibility index (Phi) is 9.26. The van der Waals surface area contributed by atoms with Crippen molar-refractivity contribution >= 4 is 23.6 Å². The van der Waals surface area contributed by atoms with E-state index in [0.29, 0.717) is 35.4 Å². The lowest BCUT2D eigenvalue weighted by Gasteiger charge is -2.19. The summed E-state index contributed by atoms with van der Waals surface area (Å²) in [5.74, 6) is 1.50. The minimum atomic E-state index is -0.649. The Morgan fingerprint density at radius 2 is 1.76 bits per heavy atom. The van der Waals surface area contributed by atoms with Gasteiger partial charge in [0, 0.05) is 24.0 Å². The summed E-state index contributed by atoms with van der Waals surface area (Å²) in [6.07, 6.45) is 1.77. The molecule has 2 amide bonds. The first-order valence-corrected chi connectivity index (χ1v) is 11.8. The van der Waals surface area contributed by atoms with Crippen molar-refractivity contribution in [2.75, 3.05) is 37.9 Å². The first kappa shape index (κ1) is 27.3.